The Morgan fingerprint density at radius 1 is 1.52 bits per heavy atom. The minimum Gasteiger partial charge on any atom is -0.382 e. The van der Waals surface area contributed by atoms with Crippen molar-refractivity contribution in [1.82, 2.24) is 14.8 Å². The van der Waals surface area contributed by atoms with Crippen LogP contribution in [0.3, 0.4) is 0 Å². The Labute approximate surface area is 122 Å². The van der Waals surface area contributed by atoms with E-state index in [4.69, 9.17) is 11.0 Å². The van der Waals surface area contributed by atoms with Crippen LogP contribution in [0.15, 0.2) is 11.6 Å². The van der Waals surface area contributed by atoms with Crippen molar-refractivity contribution in [2.24, 2.45) is 0 Å². The summed E-state index contributed by atoms with van der Waals surface area (Å²) in [6.07, 6.45) is -3.73. The first-order chi connectivity index (χ1) is 9.83. The molecule has 0 saturated carbocycles. The van der Waals surface area contributed by atoms with Gasteiger partial charge in [-0.2, -0.15) is 23.1 Å². The minimum absolute atomic E-state index is 0.0369. The lowest BCUT2D eigenvalue weighted by Crippen LogP contribution is -2.25. The van der Waals surface area contributed by atoms with Crippen LogP contribution in [0.2, 0.25) is 0 Å². The largest absolute Gasteiger partial charge is 0.390 e. The second-order valence-electron chi connectivity index (χ2n) is 4.21. The lowest BCUT2D eigenvalue weighted by Gasteiger charge is -2.17. The summed E-state index contributed by atoms with van der Waals surface area (Å²) in [6.45, 7) is -0.313. The van der Waals surface area contributed by atoms with Gasteiger partial charge in [-0.15, -0.1) is 16.4 Å². The quantitative estimate of drug-likeness (QED) is 0.934. The first-order valence-electron chi connectivity index (χ1n) is 5.80. The summed E-state index contributed by atoms with van der Waals surface area (Å²) in [5.74, 6) is 0.163. The second kappa shape index (κ2) is 5.61. The predicted octanol–water partition coefficient (Wildman–Crippen LogP) is 2.17. The second-order valence-corrected chi connectivity index (χ2v) is 5.08. The Kier molecular flexibility index (Phi) is 4.04. The monoisotopic (exact) mass is 316 g/mol. The zero-order chi connectivity index (χ0) is 15.6. The van der Waals surface area contributed by atoms with Crippen molar-refractivity contribution in [3.05, 3.63) is 17.1 Å². The van der Waals surface area contributed by atoms with Crippen molar-refractivity contribution in [3.8, 4) is 11.2 Å². The van der Waals surface area contributed by atoms with Crippen LogP contribution in [-0.4, -0.2) is 34.5 Å². The number of aromatic nitrogens is 3. The Hall–Kier alpha value is -2.28. The number of rotatable bonds is 4. The van der Waals surface area contributed by atoms with Gasteiger partial charge in [0.05, 0.1) is 6.42 Å². The highest BCUT2D eigenvalue weighted by molar-refractivity contribution is 7.12. The van der Waals surface area contributed by atoms with Gasteiger partial charge in [-0.3, -0.25) is 0 Å². The molecule has 2 heterocycles. The van der Waals surface area contributed by atoms with Gasteiger partial charge < -0.3 is 10.6 Å². The molecule has 0 bridgehead atoms. The van der Waals surface area contributed by atoms with Gasteiger partial charge in [0.25, 0.3) is 0 Å². The Balaban J connectivity index is 2.32. The molecule has 0 radical (unpaired) electrons. The first-order valence-corrected chi connectivity index (χ1v) is 6.68. The van der Waals surface area contributed by atoms with Crippen molar-refractivity contribution < 1.29 is 13.2 Å². The summed E-state index contributed by atoms with van der Waals surface area (Å²) in [4.78, 5) is 5.27. The molecule has 2 N–H and O–H groups in total. The molecule has 21 heavy (non-hydrogen) atoms. The average molecular weight is 316 g/mol. The summed E-state index contributed by atoms with van der Waals surface area (Å²) in [6, 6.07) is 1.87. The van der Waals surface area contributed by atoms with Gasteiger partial charge in [-0.25, -0.2) is 4.98 Å². The van der Waals surface area contributed by atoms with Crippen LogP contribution in [0, 0.1) is 11.3 Å². The SMILES string of the molecule is CN(CCC(F)(F)F)c1nn(-c2nccs2)c(N)c1C#N. The van der Waals surface area contributed by atoms with Gasteiger partial charge in [-0.05, 0) is 0 Å². The number of nitrogens with zero attached hydrogens (tertiary/aromatic N) is 5. The number of halogens is 3. The minimum atomic E-state index is -4.27. The van der Waals surface area contributed by atoms with Crippen LogP contribution in [0.5, 0.6) is 0 Å². The first kappa shape index (κ1) is 15.1. The fraction of sp³-hybridized carbons (Fsp3) is 0.364. The molecule has 0 aromatic carbocycles. The van der Waals surface area contributed by atoms with Crippen LogP contribution in [0.1, 0.15) is 12.0 Å². The molecule has 112 valence electrons. The van der Waals surface area contributed by atoms with E-state index in [2.05, 4.69) is 10.1 Å². The molecule has 0 aliphatic carbocycles. The number of alkyl halides is 3. The van der Waals surface area contributed by atoms with Crippen molar-refractivity contribution in [2.45, 2.75) is 12.6 Å². The standard InChI is InChI=1S/C11H11F3N6S/c1-19(4-2-11(12,13)14)9-7(6-15)8(16)20(18-9)10-17-3-5-21-10/h3,5H,2,4,16H2,1H3. The molecule has 0 aliphatic heterocycles. The maximum absolute atomic E-state index is 12.3. The predicted molar refractivity (Wildman–Crippen MR) is 72.3 cm³/mol. The van der Waals surface area contributed by atoms with Crippen LogP contribution in [0.4, 0.5) is 24.8 Å². The highest BCUT2D eigenvalue weighted by Crippen LogP contribution is 2.28. The Morgan fingerprint density at radius 3 is 2.76 bits per heavy atom. The number of thiazole rings is 1. The maximum Gasteiger partial charge on any atom is 0.390 e. The molecule has 0 aliphatic rings. The Morgan fingerprint density at radius 2 is 2.24 bits per heavy atom. The number of hydrogen-bond acceptors (Lipinski definition) is 6. The van der Waals surface area contributed by atoms with Crippen molar-refractivity contribution in [3.63, 3.8) is 0 Å². The van der Waals surface area contributed by atoms with E-state index >= 15 is 0 Å². The molecule has 2 aromatic rings. The molecular weight excluding hydrogens is 305 g/mol. The summed E-state index contributed by atoms with van der Waals surface area (Å²) < 4.78 is 38.1. The third-order valence-corrected chi connectivity index (χ3v) is 3.45. The number of anilines is 2. The molecule has 2 rings (SSSR count). The smallest absolute Gasteiger partial charge is 0.382 e. The van der Waals surface area contributed by atoms with Gasteiger partial charge in [0.2, 0.25) is 5.13 Å². The fourth-order valence-electron chi connectivity index (χ4n) is 1.66. The summed E-state index contributed by atoms with van der Waals surface area (Å²) in [7, 11) is 1.43. The third-order valence-electron chi connectivity index (χ3n) is 2.71. The molecule has 2 aromatic heterocycles. The van der Waals surface area contributed by atoms with E-state index in [1.807, 2.05) is 6.07 Å². The topological polar surface area (TPSA) is 83.8 Å². The van der Waals surface area contributed by atoms with Crippen LogP contribution < -0.4 is 10.6 Å². The molecule has 0 atom stereocenters. The van der Waals surface area contributed by atoms with Gasteiger partial charge in [0, 0.05) is 25.2 Å². The van der Waals surface area contributed by atoms with Gasteiger partial charge in [0.1, 0.15) is 17.5 Å². The van der Waals surface area contributed by atoms with E-state index in [-0.39, 0.29) is 23.7 Å². The number of nitriles is 1. The highest BCUT2D eigenvalue weighted by atomic mass is 32.1. The summed E-state index contributed by atoms with van der Waals surface area (Å²) in [5, 5.41) is 15.4. The van der Waals surface area contributed by atoms with Crippen LogP contribution >= 0.6 is 11.3 Å². The molecule has 0 amide bonds. The lowest BCUT2D eigenvalue weighted by atomic mass is 10.3. The molecule has 10 heteroatoms. The van der Waals surface area contributed by atoms with E-state index in [1.54, 1.807) is 11.6 Å². The molecular formula is C11H11F3N6S. The molecule has 0 unspecified atom stereocenters. The zero-order valence-electron chi connectivity index (χ0n) is 10.9. The summed E-state index contributed by atoms with van der Waals surface area (Å²) in [5.41, 5.74) is 5.86. The average Bonchev–Trinajstić information content (AvgIpc) is 3.02. The van der Waals surface area contributed by atoms with E-state index in [9.17, 15) is 13.2 Å². The summed E-state index contributed by atoms with van der Waals surface area (Å²) >= 11 is 1.25. The highest BCUT2D eigenvalue weighted by Gasteiger charge is 2.29. The fourth-order valence-corrected chi connectivity index (χ4v) is 2.26. The van der Waals surface area contributed by atoms with Crippen molar-refractivity contribution >= 4 is 23.0 Å². The lowest BCUT2D eigenvalue weighted by molar-refractivity contribution is -0.132. The van der Waals surface area contributed by atoms with E-state index in [0.29, 0.717) is 5.13 Å². The van der Waals surface area contributed by atoms with E-state index < -0.39 is 12.6 Å². The van der Waals surface area contributed by atoms with E-state index in [1.165, 1.54) is 28.0 Å². The van der Waals surface area contributed by atoms with Gasteiger partial charge in [0.15, 0.2) is 5.82 Å². The van der Waals surface area contributed by atoms with Crippen LogP contribution in [-0.2, 0) is 0 Å². The van der Waals surface area contributed by atoms with Gasteiger partial charge in [-0.1, -0.05) is 0 Å². The Bertz CT molecular complexity index is 655. The van der Waals surface area contributed by atoms with Gasteiger partial charge >= 0.3 is 6.18 Å². The number of nitrogens with two attached hydrogens (primary N) is 1. The van der Waals surface area contributed by atoms with E-state index in [0.717, 1.165) is 0 Å². The van der Waals surface area contributed by atoms with Crippen LogP contribution in [0.25, 0.3) is 5.13 Å². The molecule has 6 nitrogen and oxygen atoms in total. The molecule has 0 spiro atoms. The van der Waals surface area contributed by atoms with Crippen molar-refractivity contribution in [1.29, 1.82) is 5.26 Å². The maximum atomic E-state index is 12.3. The third kappa shape index (κ3) is 3.25. The normalized spacial score (nSPS) is 11.4. The number of nitrogen functional groups attached to an aromatic ring is 1. The number of hydrogen-bond donors (Lipinski definition) is 1. The molecule has 0 fully saturated rings. The zero-order valence-corrected chi connectivity index (χ0v) is 11.7. The molecule has 0 saturated heterocycles. The van der Waals surface area contributed by atoms with Crippen molar-refractivity contribution in [2.75, 3.05) is 24.2 Å².